The van der Waals surface area contributed by atoms with E-state index in [2.05, 4.69) is 36.9 Å². The highest BCUT2D eigenvalue weighted by atomic mass is 16.5. The molecule has 2 rings (SSSR count). The summed E-state index contributed by atoms with van der Waals surface area (Å²) in [4.78, 5) is 2.49. The maximum Gasteiger partial charge on any atom is 0.122 e. The summed E-state index contributed by atoms with van der Waals surface area (Å²) in [5, 5.41) is 8.96. The fourth-order valence-corrected chi connectivity index (χ4v) is 2.87. The van der Waals surface area contributed by atoms with Crippen LogP contribution in [0.25, 0.3) is 0 Å². The molecule has 1 heterocycles. The van der Waals surface area contributed by atoms with Crippen molar-refractivity contribution in [2.24, 2.45) is 5.92 Å². The topological polar surface area (TPSA) is 32.7 Å². The van der Waals surface area contributed by atoms with Crippen molar-refractivity contribution >= 4 is 0 Å². The number of hydrogen-bond acceptors (Lipinski definition) is 3. The fraction of sp³-hybridized carbons (Fsp3) is 0.647. The Morgan fingerprint density at radius 3 is 3.00 bits per heavy atom. The summed E-state index contributed by atoms with van der Waals surface area (Å²) >= 11 is 0. The highest BCUT2D eigenvalue weighted by molar-refractivity contribution is 5.35. The minimum Gasteiger partial charge on any atom is -0.493 e. The number of likely N-dealkylation sites (tertiary alicyclic amines) is 1. The van der Waals surface area contributed by atoms with E-state index in [1.807, 2.05) is 0 Å². The van der Waals surface area contributed by atoms with Crippen LogP contribution in [0, 0.1) is 19.8 Å². The SMILES string of the molecule is Cc1ccc(C)c(OCCCN2CCC(CCO)C2)c1. The lowest BCUT2D eigenvalue weighted by Gasteiger charge is -2.16. The third kappa shape index (κ3) is 4.50. The lowest BCUT2D eigenvalue weighted by molar-refractivity contribution is 0.239. The van der Waals surface area contributed by atoms with E-state index in [-0.39, 0.29) is 0 Å². The van der Waals surface area contributed by atoms with Crippen LogP contribution < -0.4 is 4.74 Å². The predicted octanol–water partition coefficient (Wildman–Crippen LogP) is 2.78. The first-order valence-electron chi connectivity index (χ1n) is 7.72. The molecule has 1 saturated heterocycles. The number of aryl methyl sites for hydroxylation is 2. The molecule has 0 saturated carbocycles. The predicted molar refractivity (Wildman–Crippen MR) is 82.3 cm³/mol. The molecule has 3 nitrogen and oxygen atoms in total. The van der Waals surface area contributed by atoms with Crippen LogP contribution in [0.1, 0.15) is 30.4 Å². The number of ether oxygens (including phenoxy) is 1. The Hall–Kier alpha value is -1.06. The van der Waals surface area contributed by atoms with Gasteiger partial charge in [-0.25, -0.2) is 0 Å². The van der Waals surface area contributed by atoms with Crippen molar-refractivity contribution in [2.45, 2.75) is 33.1 Å². The van der Waals surface area contributed by atoms with Crippen molar-refractivity contribution in [2.75, 3.05) is 32.8 Å². The van der Waals surface area contributed by atoms with E-state index in [0.717, 1.165) is 38.3 Å². The van der Waals surface area contributed by atoms with Crippen LogP contribution in [0.2, 0.25) is 0 Å². The molecule has 1 aliphatic rings. The van der Waals surface area contributed by atoms with E-state index < -0.39 is 0 Å². The molecular weight excluding hydrogens is 250 g/mol. The zero-order chi connectivity index (χ0) is 14.4. The van der Waals surface area contributed by atoms with Gasteiger partial charge in [0.05, 0.1) is 6.61 Å². The summed E-state index contributed by atoms with van der Waals surface area (Å²) in [5.74, 6) is 1.71. The average Bonchev–Trinajstić information content (AvgIpc) is 2.87. The largest absolute Gasteiger partial charge is 0.493 e. The number of nitrogens with zero attached hydrogens (tertiary/aromatic N) is 1. The van der Waals surface area contributed by atoms with Gasteiger partial charge in [-0.05, 0) is 62.8 Å². The van der Waals surface area contributed by atoms with Gasteiger partial charge >= 0.3 is 0 Å². The molecule has 0 radical (unpaired) electrons. The van der Waals surface area contributed by atoms with Gasteiger partial charge in [0.15, 0.2) is 0 Å². The van der Waals surface area contributed by atoms with Crippen LogP contribution in [-0.4, -0.2) is 42.9 Å². The first-order valence-corrected chi connectivity index (χ1v) is 7.72. The van der Waals surface area contributed by atoms with Gasteiger partial charge in [-0.3, -0.25) is 0 Å². The van der Waals surface area contributed by atoms with Crippen LogP contribution >= 0.6 is 0 Å². The van der Waals surface area contributed by atoms with Crippen LogP contribution in [0.5, 0.6) is 5.75 Å². The Labute approximate surface area is 122 Å². The van der Waals surface area contributed by atoms with Crippen LogP contribution in [0.3, 0.4) is 0 Å². The van der Waals surface area contributed by atoms with Crippen LogP contribution in [0.15, 0.2) is 18.2 Å². The average molecular weight is 277 g/mol. The smallest absolute Gasteiger partial charge is 0.122 e. The van der Waals surface area contributed by atoms with E-state index in [1.54, 1.807) is 0 Å². The maximum atomic E-state index is 8.96. The standard InChI is InChI=1S/C17H27NO2/c1-14-4-5-15(2)17(12-14)20-11-3-8-18-9-6-16(13-18)7-10-19/h4-5,12,16,19H,3,6-11,13H2,1-2H3. The number of benzene rings is 1. The number of aliphatic hydroxyl groups is 1. The van der Waals surface area contributed by atoms with E-state index in [1.165, 1.54) is 24.1 Å². The highest BCUT2D eigenvalue weighted by Crippen LogP contribution is 2.21. The molecule has 3 heteroatoms. The second-order valence-corrected chi connectivity index (χ2v) is 5.94. The van der Waals surface area contributed by atoms with E-state index in [4.69, 9.17) is 9.84 Å². The van der Waals surface area contributed by atoms with Gasteiger partial charge in [-0.15, -0.1) is 0 Å². The van der Waals surface area contributed by atoms with Crippen molar-refractivity contribution in [3.63, 3.8) is 0 Å². The Kier molecular flexibility index (Phi) is 5.86. The van der Waals surface area contributed by atoms with Gasteiger partial charge in [0.25, 0.3) is 0 Å². The summed E-state index contributed by atoms with van der Waals surface area (Å²) in [7, 11) is 0. The van der Waals surface area contributed by atoms with Gasteiger partial charge in [0, 0.05) is 19.7 Å². The van der Waals surface area contributed by atoms with Crippen molar-refractivity contribution in [3.05, 3.63) is 29.3 Å². The molecule has 1 atom stereocenters. The zero-order valence-corrected chi connectivity index (χ0v) is 12.8. The normalized spacial score (nSPS) is 19.4. The van der Waals surface area contributed by atoms with Crippen molar-refractivity contribution in [1.29, 1.82) is 0 Å². The lowest BCUT2D eigenvalue weighted by atomic mass is 10.1. The number of hydrogen-bond donors (Lipinski definition) is 1. The second kappa shape index (κ2) is 7.65. The monoisotopic (exact) mass is 277 g/mol. The molecule has 20 heavy (non-hydrogen) atoms. The third-order valence-corrected chi connectivity index (χ3v) is 4.13. The van der Waals surface area contributed by atoms with Gasteiger partial charge in [0.2, 0.25) is 0 Å². The molecular formula is C17H27NO2. The summed E-state index contributed by atoms with van der Waals surface area (Å²) in [5.41, 5.74) is 2.46. The third-order valence-electron chi connectivity index (χ3n) is 4.13. The molecule has 1 aromatic rings. The van der Waals surface area contributed by atoms with Gasteiger partial charge in [-0.2, -0.15) is 0 Å². The summed E-state index contributed by atoms with van der Waals surface area (Å²) < 4.78 is 5.89. The van der Waals surface area contributed by atoms with Gasteiger partial charge in [0.1, 0.15) is 5.75 Å². The van der Waals surface area contributed by atoms with Crippen molar-refractivity contribution in [3.8, 4) is 5.75 Å². The molecule has 0 spiro atoms. The minimum atomic E-state index is 0.328. The summed E-state index contributed by atoms with van der Waals surface area (Å²) in [6.45, 7) is 8.72. The lowest BCUT2D eigenvalue weighted by Crippen LogP contribution is -2.23. The van der Waals surface area contributed by atoms with Crippen LogP contribution in [-0.2, 0) is 0 Å². The number of aliphatic hydroxyl groups excluding tert-OH is 1. The maximum absolute atomic E-state index is 8.96. The first-order chi connectivity index (χ1) is 9.69. The van der Waals surface area contributed by atoms with Crippen molar-refractivity contribution in [1.82, 2.24) is 4.90 Å². The Morgan fingerprint density at radius 2 is 2.20 bits per heavy atom. The quantitative estimate of drug-likeness (QED) is 0.778. The highest BCUT2D eigenvalue weighted by Gasteiger charge is 2.21. The Bertz CT molecular complexity index is 419. The van der Waals surface area contributed by atoms with Crippen molar-refractivity contribution < 1.29 is 9.84 Å². The Morgan fingerprint density at radius 1 is 1.35 bits per heavy atom. The van der Waals surface area contributed by atoms with E-state index in [0.29, 0.717) is 12.5 Å². The molecule has 0 amide bonds. The second-order valence-electron chi connectivity index (χ2n) is 5.94. The molecule has 1 N–H and O–H groups in total. The molecule has 0 bridgehead atoms. The molecule has 1 aliphatic heterocycles. The Balaban J connectivity index is 1.66. The van der Waals surface area contributed by atoms with E-state index in [9.17, 15) is 0 Å². The summed E-state index contributed by atoms with van der Waals surface area (Å²) in [6, 6.07) is 6.35. The fourth-order valence-electron chi connectivity index (χ4n) is 2.87. The molecule has 112 valence electrons. The molecule has 1 fully saturated rings. The van der Waals surface area contributed by atoms with Gasteiger partial charge in [-0.1, -0.05) is 12.1 Å². The molecule has 1 aromatic carbocycles. The zero-order valence-electron chi connectivity index (χ0n) is 12.8. The molecule has 1 unspecified atom stereocenters. The molecule has 0 aliphatic carbocycles. The number of rotatable bonds is 7. The first kappa shape index (κ1) is 15.3. The van der Waals surface area contributed by atoms with E-state index >= 15 is 0 Å². The molecule has 0 aromatic heterocycles. The van der Waals surface area contributed by atoms with Gasteiger partial charge < -0.3 is 14.7 Å². The minimum absolute atomic E-state index is 0.328. The summed E-state index contributed by atoms with van der Waals surface area (Å²) in [6.07, 6.45) is 3.26. The van der Waals surface area contributed by atoms with Crippen LogP contribution in [0.4, 0.5) is 0 Å².